The van der Waals surface area contributed by atoms with E-state index in [2.05, 4.69) is 20.5 Å². The number of nitrogens with one attached hydrogen (secondary N) is 2. The molecule has 1 atom stereocenters. The van der Waals surface area contributed by atoms with Gasteiger partial charge in [0, 0.05) is 32.2 Å². The van der Waals surface area contributed by atoms with E-state index in [1.54, 1.807) is 10.6 Å². The van der Waals surface area contributed by atoms with E-state index in [0.717, 1.165) is 31.0 Å². The summed E-state index contributed by atoms with van der Waals surface area (Å²) >= 11 is 0. The fourth-order valence-corrected chi connectivity index (χ4v) is 3.39. The van der Waals surface area contributed by atoms with Crippen molar-refractivity contribution >= 4 is 24.0 Å². The first-order valence-electron chi connectivity index (χ1n) is 8.17. The Morgan fingerprint density at radius 1 is 1.42 bits per heavy atom. The van der Waals surface area contributed by atoms with E-state index in [-0.39, 0.29) is 29.7 Å². The van der Waals surface area contributed by atoms with Crippen LogP contribution in [0.15, 0.2) is 29.1 Å². The van der Waals surface area contributed by atoms with Gasteiger partial charge in [-0.05, 0) is 17.7 Å². The highest BCUT2D eigenvalue weighted by atomic mass is 35.5. The van der Waals surface area contributed by atoms with Crippen LogP contribution >= 0.6 is 12.4 Å². The van der Waals surface area contributed by atoms with Crippen LogP contribution in [0.1, 0.15) is 11.1 Å². The van der Waals surface area contributed by atoms with Crippen LogP contribution in [0.3, 0.4) is 0 Å². The van der Waals surface area contributed by atoms with E-state index in [1.165, 1.54) is 12.1 Å². The number of fused-ring (bicyclic) bond motifs is 3. The third kappa shape index (κ3) is 3.23. The zero-order valence-electron chi connectivity index (χ0n) is 13.9. The van der Waals surface area contributed by atoms with Crippen LogP contribution in [0.2, 0.25) is 0 Å². The fraction of sp³-hybridized carbons (Fsp3) is 0.353. The van der Waals surface area contributed by atoms with Crippen LogP contribution in [0.5, 0.6) is 0 Å². The van der Waals surface area contributed by atoms with Crippen LogP contribution < -0.4 is 21.2 Å². The van der Waals surface area contributed by atoms with E-state index in [1.807, 2.05) is 12.1 Å². The largest absolute Gasteiger partial charge is 0.366 e. The van der Waals surface area contributed by atoms with Crippen LogP contribution in [-0.2, 0) is 13.1 Å². The second-order valence-corrected chi connectivity index (χ2v) is 6.22. The minimum atomic E-state index is -0.537. The van der Waals surface area contributed by atoms with Gasteiger partial charge >= 0.3 is 5.69 Å². The van der Waals surface area contributed by atoms with Crippen molar-refractivity contribution in [3.05, 3.63) is 51.7 Å². The molecule has 0 saturated carbocycles. The molecule has 0 spiro atoms. The molecule has 0 bridgehead atoms. The standard InChI is InChI=1S/C17H17FN6O.ClH/c18-14-2-1-11(5-12(14)7-19)8-21-15-6-16-23-4-3-20-9-13(23)10-24(16)17(25)22-15;/h1-2,5-6,13,20H,3-4,8-10H2,(H,21,22,25);1H. The number of anilines is 2. The molecule has 1 unspecified atom stereocenters. The zero-order chi connectivity index (χ0) is 17.4. The molecule has 1 aromatic heterocycles. The number of benzene rings is 1. The Morgan fingerprint density at radius 3 is 3.08 bits per heavy atom. The summed E-state index contributed by atoms with van der Waals surface area (Å²) in [5.41, 5.74) is 0.483. The molecule has 136 valence electrons. The lowest BCUT2D eigenvalue weighted by Gasteiger charge is -2.31. The molecule has 0 amide bonds. The molecule has 0 radical (unpaired) electrons. The van der Waals surface area contributed by atoms with Gasteiger partial charge in [0.1, 0.15) is 23.5 Å². The van der Waals surface area contributed by atoms with E-state index in [9.17, 15) is 9.18 Å². The topological polar surface area (TPSA) is 86.0 Å². The van der Waals surface area contributed by atoms with Crippen molar-refractivity contribution in [2.45, 2.75) is 19.1 Å². The van der Waals surface area contributed by atoms with E-state index >= 15 is 0 Å². The highest BCUT2D eigenvalue weighted by Gasteiger charge is 2.32. The van der Waals surface area contributed by atoms with Crippen molar-refractivity contribution < 1.29 is 4.39 Å². The summed E-state index contributed by atoms with van der Waals surface area (Å²) in [5.74, 6) is 0.828. The van der Waals surface area contributed by atoms with Crippen molar-refractivity contribution in [1.29, 1.82) is 5.26 Å². The summed E-state index contributed by atoms with van der Waals surface area (Å²) in [5, 5.41) is 15.3. The Kier molecular flexibility index (Phi) is 5.11. The molecule has 7 nitrogen and oxygen atoms in total. The molecule has 0 aliphatic carbocycles. The minimum Gasteiger partial charge on any atom is -0.366 e. The third-order valence-corrected chi connectivity index (χ3v) is 4.65. The maximum Gasteiger partial charge on any atom is 0.351 e. The first-order chi connectivity index (χ1) is 12.2. The number of nitrogens with zero attached hydrogens (tertiary/aromatic N) is 4. The lowest BCUT2D eigenvalue weighted by molar-refractivity contribution is 0.474. The van der Waals surface area contributed by atoms with Crippen LogP contribution in [0.4, 0.5) is 16.0 Å². The van der Waals surface area contributed by atoms with Gasteiger partial charge in [-0.3, -0.25) is 4.57 Å². The molecule has 2 aliphatic heterocycles. The van der Waals surface area contributed by atoms with Gasteiger partial charge in [-0.2, -0.15) is 10.2 Å². The molecule has 26 heavy (non-hydrogen) atoms. The van der Waals surface area contributed by atoms with E-state index < -0.39 is 5.82 Å². The summed E-state index contributed by atoms with van der Waals surface area (Å²) in [6, 6.07) is 8.36. The second-order valence-electron chi connectivity index (χ2n) is 6.22. The van der Waals surface area contributed by atoms with Crippen molar-refractivity contribution in [2.24, 2.45) is 0 Å². The SMILES string of the molecule is Cl.N#Cc1cc(CNc2cc3n(c(=O)n2)CC2CNCCN32)ccc1F. The van der Waals surface area contributed by atoms with Gasteiger partial charge in [0.25, 0.3) is 0 Å². The van der Waals surface area contributed by atoms with Gasteiger partial charge in [-0.15, -0.1) is 12.4 Å². The first kappa shape index (κ1) is 18.2. The quantitative estimate of drug-likeness (QED) is 0.833. The lowest BCUT2D eigenvalue weighted by Crippen LogP contribution is -2.49. The average molecular weight is 377 g/mol. The fourth-order valence-electron chi connectivity index (χ4n) is 3.39. The van der Waals surface area contributed by atoms with Crippen molar-refractivity contribution in [3.8, 4) is 6.07 Å². The number of rotatable bonds is 3. The molecule has 3 heterocycles. The summed E-state index contributed by atoms with van der Waals surface area (Å²) in [6.45, 7) is 3.61. The number of aromatic nitrogens is 2. The lowest BCUT2D eigenvalue weighted by atomic mass is 10.1. The normalized spacial score (nSPS) is 17.7. The smallest absolute Gasteiger partial charge is 0.351 e. The van der Waals surface area contributed by atoms with Gasteiger partial charge in [0.05, 0.1) is 18.2 Å². The van der Waals surface area contributed by atoms with Crippen molar-refractivity contribution in [3.63, 3.8) is 0 Å². The Balaban J connectivity index is 0.00000196. The Morgan fingerprint density at radius 2 is 2.27 bits per heavy atom. The highest BCUT2D eigenvalue weighted by Crippen LogP contribution is 2.26. The molecule has 4 rings (SSSR count). The van der Waals surface area contributed by atoms with Gasteiger partial charge in [0.15, 0.2) is 0 Å². The predicted molar refractivity (Wildman–Crippen MR) is 98.2 cm³/mol. The van der Waals surface area contributed by atoms with Gasteiger partial charge in [-0.25, -0.2) is 9.18 Å². The molecule has 1 saturated heterocycles. The zero-order valence-corrected chi connectivity index (χ0v) is 14.7. The summed E-state index contributed by atoms with van der Waals surface area (Å²) in [4.78, 5) is 18.6. The van der Waals surface area contributed by atoms with Gasteiger partial charge < -0.3 is 15.5 Å². The second kappa shape index (κ2) is 7.32. The summed E-state index contributed by atoms with van der Waals surface area (Å²) < 4.78 is 15.1. The summed E-state index contributed by atoms with van der Waals surface area (Å²) in [7, 11) is 0. The number of nitriles is 1. The molecule has 2 N–H and O–H groups in total. The third-order valence-electron chi connectivity index (χ3n) is 4.65. The molecule has 2 aliphatic rings. The van der Waals surface area contributed by atoms with Crippen LogP contribution in [0.25, 0.3) is 0 Å². The average Bonchev–Trinajstić information content (AvgIpc) is 3.00. The minimum absolute atomic E-state index is 0. The van der Waals surface area contributed by atoms with Crippen molar-refractivity contribution in [2.75, 3.05) is 29.9 Å². The predicted octanol–water partition coefficient (Wildman–Crippen LogP) is 1.08. The Hall–Kier alpha value is -2.63. The van der Waals surface area contributed by atoms with Gasteiger partial charge in [-0.1, -0.05) is 6.07 Å². The highest BCUT2D eigenvalue weighted by molar-refractivity contribution is 5.85. The van der Waals surface area contributed by atoms with E-state index in [4.69, 9.17) is 5.26 Å². The molecule has 1 fully saturated rings. The Bertz CT molecular complexity index is 924. The number of hydrogen-bond donors (Lipinski definition) is 2. The van der Waals surface area contributed by atoms with Gasteiger partial charge in [0.2, 0.25) is 0 Å². The number of halogens is 2. The first-order valence-corrected chi connectivity index (χ1v) is 8.17. The van der Waals surface area contributed by atoms with Crippen LogP contribution in [-0.4, -0.2) is 35.2 Å². The molecular weight excluding hydrogens is 359 g/mol. The molecule has 1 aromatic carbocycles. The molecule has 9 heteroatoms. The van der Waals surface area contributed by atoms with Crippen molar-refractivity contribution in [1.82, 2.24) is 14.9 Å². The number of hydrogen-bond acceptors (Lipinski definition) is 6. The number of piperazine rings is 1. The summed E-state index contributed by atoms with van der Waals surface area (Å²) in [6.07, 6.45) is 0. The van der Waals surface area contributed by atoms with Crippen LogP contribution in [0, 0.1) is 17.1 Å². The monoisotopic (exact) mass is 376 g/mol. The van der Waals surface area contributed by atoms with E-state index in [0.29, 0.717) is 18.9 Å². The molecule has 2 aromatic rings. The Labute approximate surface area is 155 Å². The molecular formula is C17H18ClFN6O. The maximum absolute atomic E-state index is 13.4. The maximum atomic E-state index is 13.4.